The van der Waals surface area contributed by atoms with Crippen LogP contribution in [0.25, 0.3) is 11.1 Å². The summed E-state index contributed by atoms with van der Waals surface area (Å²) < 4.78 is 0. The molecule has 4 aromatic rings. The minimum atomic E-state index is -0.130. The second kappa shape index (κ2) is 10.2. The van der Waals surface area contributed by atoms with Crippen molar-refractivity contribution in [2.24, 2.45) is 4.99 Å². The van der Waals surface area contributed by atoms with Crippen molar-refractivity contribution in [2.75, 3.05) is 48.6 Å². The monoisotopic (exact) mass is 489 g/mol. The zero-order valence-electron chi connectivity index (χ0n) is 21.6. The van der Waals surface area contributed by atoms with Crippen LogP contribution in [0.1, 0.15) is 21.5 Å². The zero-order chi connectivity index (χ0) is 25.9. The van der Waals surface area contributed by atoms with E-state index in [1.54, 1.807) is 0 Å². The number of nitrogens with one attached hydrogen (secondary N) is 2. The molecule has 1 aliphatic heterocycles. The summed E-state index contributed by atoms with van der Waals surface area (Å²) in [5.41, 5.74) is 9.05. The summed E-state index contributed by atoms with van der Waals surface area (Å²) in [4.78, 5) is 21.6. The lowest BCUT2D eigenvalue weighted by atomic mass is 10.0. The molecule has 0 saturated heterocycles. The van der Waals surface area contributed by atoms with E-state index in [2.05, 4.69) is 64.1 Å². The number of nitrogens with zero attached hydrogens (tertiary/aromatic N) is 3. The van der Waals surface area contributed by atoms with Crippen LogP contribution in [0.4, 0.5) is 22.7 Å². The van der Waals surface area contributed by atoms with Crippen LogP contribution < -0.4 is 20.4 Å². The van der Waals surface area contributed by atoms with Crippen LogP contribution in [0.5, 0.6) is 0 Å². The molecule has 0 saturated carbocycles. The number of carbonyl (C=O) groups excluding carboxylic acids is 1. The molecule has 0 atom stereocenters. The van der Waals surface area contributed by atoms with Crippen molar-refractivity contribution in [2.45, 2.75) is 6.54 Å². The number of fused-ring (bicyclic) bond motifs is 1. The Labute approximate surface area is 218 Å². The first-order valence-corrected chi connectivity index (χ1v) is 12.3. The molecule has 0 spiro atoms. The van der Waals surface area contributed by atoms with Crippen molar-refractivity contribution < 1.29 is 4.79 Å². The number of rotatable bonds is 6. The number of carbonyl (C=O) groups is 1. The van der Waals surface area contributed by atoms with Gasteiger partial charge in [0, 0.05) is 62.1 Å². The van der Waals surface area contributed by atoms with E-state index in [9.17, 15) is 4.79 Å². The Bertz CT molecular complexity index is 1440. The van der Waals surface area contributed by atoms with Gasteiger partial charge in [0.1, 0.15) is 5.84 Å². The lowest BCUT2D eigenvalue weighted by Crippen LogP contribution is -2.19. The predicted octanol–water partition coefficient (Wildman–Crippen LogP) is 6.11. The minimum Gasteiger partial charge on any atom is -0.378 e. The highest BCUT2D eigenvalue weighted by Gasteiger charge is 2.15. The summed E-state index contributed by atoms with van der Waals surface area (Å²) in [6, 6.07) is 30.5. The number of hydrogen-bond acceptors (Lipinski definition) is 5. The van der Waals surface area contributed by atoms with Crippen LogP contribution in [0.3, 0.4) is 0 Å². The van der Waals surface area contributed by atoms with Crippen molar-refractivity contribution >= 4 is 34.5 Å². The maximum absolute atomic E-state index is 12.7. The summed E-state index contributed by atoms with van der Waals surface area (Å²) in [5.74, 6) is 0.717. The second-order valence-electron chi connectivity index (χ2n) is 9.58. The average Bonchev–Trinajstić information content (AvgIpc) is 2.93. The normalized spacial score (nSPS) is 12.2. The van der Waals surface area contributed by atoms with Gasteiger partial charge >= 0.3 is 0 Å². The zero-order valence-corrected chi connectivity index (χ0v) is 21.6. The Morgan fingerprint density at radius 2 is 1.27 bits per heavy atom. The van der Waals surface area contributed by atoms with Gasteiger partial charge in [-0.3, -0.25) is 9.79 Å². The molecule has 0 radical (unpaired) electrons. The molecule has 1 aliphatic rings. The summed E-state index contributed by atoms with van der Waals surface area (Å²) in [6.45, 7) is 0.548. The number of anilines is 4. The van der Waals surface area contributed by atoms with E-state index in [0.29, 0.717) is 12.1 Å². The van der Waals surface area contributed by atoms with Crippen molar-refractivity contribution in [1.82, 2.24) is 0 Å². The number of amides is 1. The number of aliphatic imine (C=N–C) groups is 1. The lowest BCUT2D eigenvalue weighted by Gasteiger charge is -2.20. The lowest BCUT2D eigenvalue weighted by molar-refractivity contribution is 0.102. The van der Waals surface area contributed by atoms with Crippen LogP contribution in [0, 0.1) is 0 Å². The molecule has 37 heavy (non-hydrogen) atoms. The van der Waals surface area contributed by atoms with Crippen LogP contribution >= 0.6 is 0 Å². The van der Waals surface area contributed by atoms with E-state index < -0.39 is 0 Å². The van der Waals surface area contributed by atoms with E-state index in [4.69, 9.17) is 4.99 Å². The molecule has 0 aromatic heterocycles. The van der Waals surface area contributed by atoms with Crippen LogP contribution in [0.2, 0.25) is 0 Å². The van der Waals surface area contributed by atoms with Crippen LogP contribution in [-0.4, -0.2) is 39.9 Å². The molecule has 0 bridgehead atoms. The molecule has 6 nitrogen and oxygen atoms in total. The van der Waals surface area contributed by atoms with Crippen molar-refractivity contribution in [1.29, 1.82) is 0 Å². The Hall–Kier alpha value is -4.58. The molecular weight excluding hydrogens is 458 g/mol. The fraction of sp³-hybridized carbons (Fsp3) is 0.161. The molecule has 4 aromatic carbocycles. The van der Waals surface area contributed by atoms with Gasteiger partial charge in [-0.15, -0.1) is 0 Å². The molecular formula is C31H31N5O. The molecule has 0 fully saturated rings. The van der Waals surface area contributed by atoms with Crippen molar-refractivity contribution in [3.8, 4) is 11.1 Å². The maximum Gasteiger partial charge on any atom is 0.255 e. The van der Waals surface area contributed by atoms with Crippen molar-refractivity contribution in [3.63, 3.8) is 0 Å². The quantitative estimate of drug-likeness (QED) is 0.343. The van der Waals surface area contributed by atoms with Gasteiger partial charge in [-0.1, -0.05) is 36.4 Å². The molecule has 1 heterocycles. The van der Waals surface area contributed by atoms with Gasteiger partial charge in [0.05, 0.1) is 6.54 Å². The number of hydrogen-bond donors (Lipinski definition) is 2. The summed E-state index contributed by atoms with van der Waals surface area (Å²) in [5, 5.41) is 6.45. The topological polar surface area (TPSA) is 60.0 Å². The third-order valence-corrected chi connectivity index (χ3v) is 6.54. The highest BCUT2D eigenvalue weighted by Crippen LogP contribution is 2.28. The largest absolute Gasteiger partial charge is 0.378 e. The van der Waals surface area contributed by atoms with Gasteiger partial charge in [0.15, 0.2) is 0 Å². The Morgan fingerprint density at radius 1 is 0.730 bits per heavy atom. The highest BCUT2D eigenvalue weighted by molar-refractivity contribution is 6.10. The Morgan fingerprint density at radius 3 is 1.86 bits per heavy atom. The molecule has 1 amide bonds. The minimum absolute atomic E-state index is 0.130. The Balaban J connectivity index is 1.25. The predicted molar refractivity (Wildman–Crippen MR) is 155 cm³/mol. The first kappa shape index (κ1) is 24.1. The fourth-order valence-electron chi connectivity index (χ4n) is 4.31. The fourth-order valence-corrected chi connectivity index (χ4v) is 4.31. The Kier molecular flexibility index (Phi) is 6.64. The smallest absolute Gasteiger partial charge is 0.255 e. The standard InChI is InChI=1S/C31H31N5O/c1-35(2)27-14-9-22(10-15-27)21-5-7-23(8-6-21)30-32-20-25-19-26(13-18-29(25)34-30)33-31(37)24-11-16-28(17-12-24)36(3)4/h5-19H,20H2,1-4H3,(H,32,34)(H,33,37). The third kappa shape index (κ3) is 5.33. The van der Waals surface area contributed by atoms with Crippen LogP contribution in [0.15, 0.2) is 96.0 Å². The van der Waals surface area contributed by atoms with E-state index >= 15 is 0 Å². The summed E-state index contributed by atoms with van der Waals surface area (Å²) in [7, 11) is 8.04. The number of amidine groups is 1. The molecule has 186 valence electrons. The SMILES string of the molecule is CN(C)c1ccc(C(=O)Nc2ccc3c(c2)CN=C(c2ccc(-c4ccc(N(C)C)cc4)cc2)N3)cc1. The van der Waals surface area contributed by atoms with E-state index in [1.165, 1.54) is 16.8 Å². The summed E-state index contributed by atoms with van der Waals surface area (Å²) >= 11 is 0. The van der Waals surface area contributed by atoms with E-state index in [-0.39, 0.29) is 5.91 Å². The first-order valence-electron chi connectivity index (χ1n) is 12.3. The molecule has 5 rings (SSSR count). The molecule has 6 heteroatoms. The van der Waals surface area contributed by atoms with Crippen LogP contribution in [-0.2, 0) is 6.54 Å². The van der Waals surface area contributed by atoms with Gasteiger partial charge in [0.2, 0.25) is 0 Å². The average molecular weight is 490 g/mol. The highest BCUT2D eigenvalue weighted by atomic mass is 16.1. The van der Waals surface area contributed by atoms with Gasteiger partial charge in [-0.25, -0.2) is 0 Å². The maximum atomic E-state index is 12.7. The first-order chi connectivity index (χ1) is 17.9. The second-order valence-corrected chi connectivity index (χ2v) is 9.58. The van der Waals surface area contributed by atoms with E-state index in [0.717, 1.165) is 34.0 Å². The summed E-state index contributed by atoms with van der Waals surface area (Å²) in [6.07, 6.45) is 0. The third-order valence-electron chi connectivity index (χ3n) is 6.54. The van der Waals surface area contributed by atoms with Gasteiger partial charge < -0.3 is 20.4 Å². The van der Waals surface area contributed by atoms with Gasteiger partial charge in [-0.05, 0) is 71.3 Å². The van der Waals surface area contributed by atoms with E-state index in [1.807, 2.05) is 75.6 Å². The van der Waals surface area contributed by atoms with Gasteiger partial charge in [-0.2, -0.15) is 0 Å². The number of benzene rings is 4. The molecule has 0 aliphatic carbocycles. The van der Waals surface area contributed by atoms with Crippen molar-refractivity contribution in [3.05, 3.63) is 108 Å². The van der Waals surface area contributed by atoms with Gasteiger partial charge in [0.25, 0.3) is 5.91 Å². The molecule has 2 N–H and O–H groups in total. The molecule has 0 unspecified atom stereocenters.